The van der Waals surface area contributed by atoms with E-state index in [-0.39, 0.29) is 30.4 Å². The van der Waals surface area contributed by atoms with Crippen LogP contribution < -0.4 is 5.56 Å². The van der Waals surface area contributed by atoms with Crippen LogP contribution in [0.1, 0.15) is 0 Å². The number of benzene rings is 2. The van der Waals surface area contributed by atoms with E-state index in [1.54, 1.807) is 7.05 Å². The monoisotopic (exact) mass is 369 g/mol. The van der Waals surface area contributed by atoms with Crippen LogP contribution in [0.5, 0.6) is 0 Å². The number of thioether (sulfide) groups is 1. The highest BCUT2D eigenvalue weighted by atomic mass is 32.2. The summed E-state index contributed by atoms with van der Waals surface area (Å²) in [5.41, 5.74) is 0.415. The molecule has 0 spiro atoms. The summed E-state index contributed by atoms with van der Waals surface area (Å²) in [6.45, 7) is 0.476. The number of rotatable bonds is 3. The van der Waals surface area contributed by atoms with Crippen LogP contribution in [-0.2, 0) is 16.6 Å². The van der Waals surface area contributed by atoms with Gasteiger partial charge in [-0.15, -0.1) is 0 Å². The van der Waals surface area contributed by atoms with E-state index >= 15 is 0 Å². The standard InChI is InChI=1S/C18H15N3O4S/c1-20-16(23)13-8-11-4-2-3-5-12(11)9-14(13)19-17(20)26-10-15(22)21-6-7-25-18(21)24/h2-5,8-9H,6-7,10H2,1H3. The number of nitrogens with zero attached hydrogens (tertiary/aromatic N) is 3. The lowest BCUT2D eigenvalue weighted by atomic mass is 10.1. The summed E-state index contributed by atoms with van der Waals surface area (Å²) in [5.74, 6) is -0.348. The minimum absolute atomic E-state index is 0.00840. The zero-order chi connectivity index (χ0) is 18.3. The third-order valence-corrected chi connectivity index (χ3v) is 5.30. The molecule has 0 saturated carbocycles. The van der Waals surface area contributed by atoms with Crippen molar-refractivity contribution in [2.24, 2.45) is 7.05 Å². The SMILES string of the molecule is Cn1c(SCC(=O)N2CCOC2=O)nc2cc3ccccc3cc2c1=O. The maximum atomic E-state index is 12.7. The summed E-state index contributed by atoms with van der Waals surface area (Å²) in [5, 5.41) is 2.93. The lowest BCUT2D eigenvalue weighted by Gasteiger charge is -2.12. The van der Waals surface area contributed by atoms with Gasteiger partial charge in [-0.3, -0.25) is 14.2 Å². The summed E-state index contributed by atoms with van der Waals surface area (Å²) in [4.78, 5) is 41.9. The molecular weight excluding hydrogens is 354 g/mol. The Morgan fingerprint density at radius 1 is 1.23 bits per heavy atom. The Hall–Kier alpha value is -2.87. The van der Waals surface area contributed by atoms with E-state index in [1.165, 1.54) is 4.57 Å². The Kier molecular flexibility index (Phi) is 4.12. The van der Waals surface area contributed by atoms with Crippen molar-refractivity contribution in [1.29, 1.82) is 0 Å². The molecule has 8 heteroatoms. The highest BCUT2D eigenvalue weighted by molar-refractivity contribution is 7.99. The zero-order valence-corrected chi connectivity index (χ0v) is 14.8. The van der Waals surface area contributed by atoms with E-state index in [1.807, 2.05) is 36.4 Å². The molecule has 1 aliphatic rings. The molecule has 132 valence electrons. The predicted molar refractivity (Wildman–Crippen MR) is 98.3 cm³/mol. The Balaban J connectivity index is 1.68. The first-order chi connectivity index (χ1) is 12.5. The number of fused-ring (bicyclic) bond motifs is 2. The summed E-state index contributed by atoms with van der Waals surface area (Å²) in [7, 11) is 1.63. The van der Waals surface area contributed by atoms with Gasteiger partial charge in [0.25, 0.3) is 5.56 Å². The van der Waals surface area contributed by atoms with Gasteiger partial charge in [0.2, 0.25) is 5.91 Å². The molecule has 0 N–H and O–H groups in total. The third-order valence-electron chi connectivity index (χ3n) is 4.29. The Morgan fingerprint density at radius 3 is 2.65 bits per heavy atom. The molecule has 2 heterocycles. The van der Waals surface area contributed by atoms with Crippen LogP contribution in [0.15, 0.2) is 46.3 Å². The normalized spacial score (nSPS) is 14.2. The molecule has 2 aromatic carbocycles. The van der Waals surface area contributed by atoms with Crippen molar-refractivity contribution in [3.8, 4) is 0 Å². The topological polar surface area (TPSA) is 81.5 Å². The first-order valence-corrected chi connectivity index (χ1v) is 9.02. The Labute approximate surface area is 152 Å². The molecule has 1 aliphatic heterocycles. The van der Waals surface area contributed by atoms with Gasteiger partial charge < -0.3 is 4.74 Å². The van der Waals surface area contributed by atoms with E-state index in [0.717, 1.165) is 27.4 Å². The van der Waals surface area contributed by atoms with Gasteiger partial charge in [0.15, 0.2) is 5.16 Å². The second-order valence-corrected chi connectivity index (χ2v) is 6.87. The molecule has 0 radical (unpaired) electrons. The second kappa shape index (κ2) is 6.45. The van der Waals surface area contributed by atoms with Crippen molar-refractivity contribution in [3.05, 3.63) is 46.8 Å². The summed E-state index contributed by atoms with van der Waals surface area (Å²) >= 11 is 1.13. The van der Waals surface area contributed by atoms with Crippen molar-refractivity contribution in [1.82, 2.24) is 14.5 Å². The number of imide groups is 1. The summed E-state index contributed by atoms with van der Waals surface area (Å²) < 4.78 is 6.19. The van der Waals surface area contributed by atoms with E-state index < -0.39 is 6.09 Å². The quantitative estimate of drug-likeness (QED) is 0.400. The van der Waals surface area contributed by atoms with Gasteiger partial charge in [0, 0.05) is 7.05 Å². The number of amides is 2. The number of carbonyl (C=O) groups excluding carboxylic acids is 2. The molecule has 26 heavy (non-hydrogen) atoms. The molecular formula is C18H15N3O4S. The average Bonchev–Trinajstić information content (AvgIpc) is 3.08. The van der Waals surface area contributed by atoms with Crippen molar-refractivity contribution in [2.45, 2.75) is 5.16 Å². The maximum Gasteiger partial charge on any atom is 0.416 e. The van der Waals surface area contributed by atoms with Crippen LogP contribution in [0.3, 0.4) is 0 Å². The highest BCUT2D eigenvalue weighted by Gasteiger charge is 2.28. The predicted octanol–water partition coefficient (Wildman–Crippen LogP) is 2.16. The fourth-order valence-corrected chi connectivity index (χ4v) is 3.74. The fourth-order valence-electron chi connectivity index (χ4n) is 2.89. The second-order valence-electron chi connectivity index (χ2n) is 5.92. The van der Waals surface area contributed by atoms with Crippen molar-refractivity contribution in [2.75, 3.05) is 18.9 Å². The van der Waals surface area contributed by atoms with Gasteiger partial charge in [0.05, 0.1) is 23.2 Å². The molecule has 0 atom stereocenters. The van der Waals surface area contributed by atoms with E-state index in [4.69, 9.17) is 4.74 Å². The molecule has 0 bridgehead atoms. The average molecular weight is 369 g/mol. The minimum atomic E-state index is -0.623. The van der Waals surface area contributed by atoms with Gasteiger partial charge in [0.1, 0.15) is 6.61 Å². The molecule has 7 nitrogen and oxygen atoms in total. The Morgan fingerprint density at radius 2 is 1.96 bits per heavy atom. The number of hydrogen-bond donors (Lipinski definition) is 0. The molecule has 0 aliphatic carbocycles. The summed E-state index contributed by atoms with van der Waals surface area (Å²) in [6, 6.07) is 11.5. The van der Waals surface area contributed by atoms with Crippen LogP contribution in [0, 0.1) is 0 Å². The van der Waals surface area contributed by atoms with Gasteiger partial charge in [-0.2, -0.15) is 0 Å². The summed E-state index contributed by atoms with van der Waals surface area (Å²) in [6.07, 6.45) is -0.623. The first kappa shape index (κ1) is 16.6. The van der Waals surface area contributed by atoms with E-state index in [0.29, 0.717) is 16.1 Å². The van der Waals surface area contributed by atoms with Crippen molar-refractivity contribution < 1.29 is 14.3 Å². The van der Waals surface area contributed by atoms with Crippen LogP contribution in [0.2, 0.25) is 0 Å². The lowest BCUT2D eigenvalue weighted by molar-refractivity contribution is -0.125. The van der Waals surface area contributed by atoms with Crippen molar-refractivity contribution in [3.63, 3.8) is 0 Å². The van der Waals surface area contributed by atoms with Crippen LogP contribution in [0.4, 0.5) is 4.79 Å². The third kappa shape index (κ3) is 2.82. The fraction of sp³-hybridized carbons (Fsp3) is 0.222. The lowest BCUT2D eigenvalue weighted by Crippen LogP contribution is -2.33. The number of cyclic esters (lactones) is 1. The zero-order valence-electron chi connectivity index (χ0n) is 14.0. The van der Waals surface area contributed by atoms with E-state index in [2.05, 4.69) is 4.98 Å². The molecule has 1 saturated heterocycles. The number of ether oxygens (including phenoxy) is 1. The molecule has 1 fully saturated rings. The number of carbonyl (C=O) groups is 2. The molecule has 3 aromatic rings. The smallest absolute Gasteiger partial charge is 0.416 e. The van der Waals surface area contributed by atoms with Gasteiger partial charge in [-0.25, -0.2) is 14.7 Å². The molecule has 0 unspecified atom stereocenters. The van der Waals surface area contributed by atoms with Crippen molar-refractivity contribution >= 4 is 45.4 Å². The molecule has 2 amide bonds. The van der Waals surface area contributed by atoms with E-state index in [9.17, 15) is 14.4 Å². The molecule has 4 rings (SSSR count). The van der Waals surface area contributed by atoms with Gasteiger partial charge in [-0.05, 0) is 22.9 Å². The van der Waals surface area contributed by atoms with Crippen LogP contribution >= 0.6 is 11.8 Å². The minimum Gasteiger partial charge on any atom is -0.447 e. The first-order valence-electron chi connectivity index (χ1n) is 8.04. The van der Waals surface area contributed by atoms with Gasteiger partial charge in [-0.1, -0.05) is 36.0 Å². The largest absolute Gasteiger partial charge is 0.447 e. The number of aromatic nitrogens is 2. The number of hydrogen-bond acceptors (Lipinski definition) is 6. The van der Waals surface area contributed by atoms with Crippen LogP contribution in [0.25, 0.3) is 21.7 Å². The molecule has 1 aromatic heterocycles. The van der Waals surface area contributed by atoms with Crippen LogP contribution in [-0.4, -0.2) is 45.4 Å². The Bertz CT molecular complexity index is 1110. The van der Waals surface area contributed by atoms with Gasteiger partial charge >= 0.3 is 6.09 Å². The maximum absolute atomic E-state index is 12.7. The highest BCUT2D eigenvalue weighted by Crippen LogP contribution is 2.22.